The van der Waals surface area contributed by atoms with Crippen LogP contribution in [0, 0.1) is 0 Å². The average Bonchev–Trinajstić information content (AvgIpc) is 2.74. The summed E-state index contributed by atoms with van der Waals surface area (Å²) in [5, 5.41) is 3.59. The molecule has 0 fully saturated rings. The summed E-state index contributed by atoms with van der Waals surface area (Å²) >= 11 is 1.31. The Balaban J connectivity index is 1.85. The highest BCUT2D eigenvalue weighted by Gasteiger charge is 2.19. The fraction of sp³-hybridized carbons (Fsp3) is 0.261. The van der Waals surface area contributed by atoms with E-state index >= 15 is 0 Å². The molecule has 3 aromatic rings. The summed E-state index contributed by atoms with van der Waals surface area (Å²) in [6.07, 6.45) is 3.33. The first kappa shape index (κ1) is 20.9. The Morgan fingerprint density at radius 1 is 1.21 bits per heavy atom. The predicted octanol–water partition coefficient (Wildman–Crippen LogP) is 3.81. The number of hydrogen-bond donors (Lipinski definition) is 1. The molecule has 0 bridgehead atoms. The average molecular weight is 408 g/mol. The topological polar surface area (TPSA) is 64.0 Å². The van der Waals surface area contributed by atoms with Crippen LogP contribution in [0.4, 0.5) is 0 Å². The Morgan fingerprint density at radius 3 is 2.69 bits per heavy atom. The highest BCUT2D eigenvalue weighted by Crippen LogP contribution is 2.23. The van der Waals surface area contributed by atoms with Gasteiger partial charge in [0.25, 0.3) is 5.56 Å². The quantitative estimate of drug-likeness (QED) is 0.333. The van der Waals surface area contributed by atoms with E-state index in [1.54, 1.807) is 16.7 Å². The number of nitrogens with one attached hydrogen (secondary N) is 1. The SMILES string of the molecule is C=CCNC(=O)[C@H](C)Sc1nc2ccccc2c(=O)n1CCCc1ccccc1. The molecule has 29 heavy (non-hydrogen) atoms. The van der Waals surface area contributed by atoms with Gasteiger partial charge < -0.3 is 5.32 Å². The third-order valence-corrected chi connectivity index (χ3v) is 5.68. The second kappa shape index (κ2) is 10.1. The van der Waals surface area contributed by atoms with Gasteiger partial charge in [-0.1, -0.05) is 60.3 Å². The van der Waals surface area contributed by atoms with Gasteiger partial charge in [0, 0.05) is 13.1 Å². The number of thioether (sulfide) groups is 1. The van der Waals surface area contributed by atoms with E-state index in [4.69, 9.17) is 4.98 Å². The lowest BCUT2D eigenvalue weighted by molar-refractivity contribution is -0.120. The Labute approximate surface area is 174 Å². The molecule has 1 atom stereocenters. The number of hydrogen-bond acceptors (Lipinski definition) is 4. The van der Waals surface area contributed by atoms with Crippen LogP contribution in [0.2, 0.25) is 0 Å². The molecule has 0 saturated carbocycles. The monoisotopic (exact) mass is 407 g/mol. The van der Waals surface area contributed by atoms with Gasteiger partial charge in [-0.05, 0) is 37.5 Å². The normalized spacial score (nSPS) is 11.9. The van der Waals surface area contributed by atoms with Crippen molar-refractivity contribution in [2.75, 3.05) is 6.54 Å². The summed E-state index contributed by atoms with van der Waals surface area (Å²) in [7, 11) is 0. The van der Waals surface area contributed by atoms with Crippen LogP contribution in [0.3, 0.4) is 0 Å². The molecule has 0 spiro atoms. The van der Waals surface area contributed by atoms with Crippen molar-refractivity contribution in [1.29, 1.82) is 0 Å². The van der Waals surface area contributed by atoms with E-state index in [-0.39, 0.29) is 16.7 Å². The number of aromatic nitrogens is 2. The Bertz CT molecular complexity index is 1050. The second-order valence-corrected chi connectivity index (χ2v) is 8.06. The molecule has 0 aliphatic carbocycles. The van der Waals surface area contributed by atoms with E-state index in [0.717, 1.165) is 12.8 Å². The highest BCUT2D eigenvalue weighted by molar-refractivity contribution is 8.00. The number of nitrogens with zero attached hydrogens (tertiary/aromatic N) is 2. The minimum absolute atomic E-state index is 0.0649. The van der Waals surface area contributed by atoms with Gasteiger partial charge >= 0.3 is 0 Å². The van der Waals surface area contributed by atoms with E-state index in [9.17, 15) is 9.59 Å². The zero-order chi connectivity index (χ0) is 20.6. The van der Waals surface area contributed by atoms with Crippen LogP contribution < -0.4 is 10.9 Å². The van der Waals surface area contributed by atoms with E-state index in [2.05, 4.69) is 24.0 Å². The number of amides is 1. The Kier molecular flexibility index (Phi) is 7.25. The van der Waals surface area contributed by atoms with Gasteiger partial charge in [0.05, 0.1) is 16.2 Å². The van der Waals surface area contributed by atoms with Crippen molar-refractivity contribution in [3.63, 3.8) is 0 Å². The van der Waals surface area contributed by atoms with Crippen LogP contribution in [0.5, 0.6) is 0 Å². The molecule has 1 heterocycles. The molecular formula is C23H25N3O2S. The van der Waals surface area contributed by atoms with Gasteiger partial charge in [-0.15, -0.1) is 6.58 Å². The lowest BCUT2D eigenvalue weighted by Crippen LogP contribution is -2.32. The zero-order valence-electron chi connectivity index (χ0n) is 16.5. The molecule has 0 aliphatic heterocycles. The number of aryl methyl sites for hydroxylation is 1. The number of carbonyl (C=O) groups is 1. The summed E-state index contributed by atoms with van der Waals surface area (Å²) in [6, 6.07) is 17.5. The molecule has 1 amide bonds. The van der Waals surface area contributed by atoms with E-state index < -0.39 is 0 Å². The Morgan fingerprint density at radius 2 is 1.93 bits per heavy atom. The van der Waals surface area contributed by atoms with Crippen molar-refractivity contribution in [3.05, 3.63) is 83.2 Å². The van der Waals surface area contributed by atoms with E-state index in [0.29, 0.717) is 29.1 Å². The number of carbonyl (C=O) groups excluding carboxylic acids is 1. The van der Waals surface area contributed by atoms with Crippen LogP contribution in [0.25, 0.3) is 10.9 Å². The van der Waals surface area contributed by atoms with Crippen LogP contribution in [0.15, 0.2) is 77.2 Å². The van der Waals surface area contributed by atoms with Crippen LogP contribution in [0.1, 0.15) is 18.9 Å². The van der Waals surface area contributed by atoms with Gasteiger partial charge in [0.1, 0.15) is 0 Å². The van der Waals surface area contributed by atoms with Crippen molar-refractivity contribution in [3.8, 4) is 0 Å². The van der Waals surface area contributed by atoms with Crippen molar-refractivity contribution in [1.82, 2.24) is 14.9 Å². The van der Waals surface area contributed by atoms with Gasteiger partial charge in [0.2, 0.25) is 5.91 Å². The molecule has 150 valence electrons. The number of para-hydroxylation sites is 1. The van der Waals surface area contributed by atoms with Crippen molar-refractivity contribution < 1.29 is 4.79 Å². The lowest BCUT2D eigenvalue weighted by Gasteiger charge is -2.16. The molecule has 6 heteroatoms. The first-order valence-electron chi connectivity index (χ1n) is 9.69. The summed E-state index contributed by atoms with van der Waals surface area (Å²) in [4.78, 5) is 30.1. The summed E-state index contributed by atoms with van der Waals surface area (Å²) in [6.45, 7) is 6.40. The first-order chi connectivity index (χ1) is 14.1. The smallest absolute Gasteiger partial charge is 0.262 e. The molecular weight excluding hydrogens is 382 g/mol. The lowest BCUT2D eigenvalue weighted by atomic mass is 10.1. The van der Waals surface area contributed by atoms with Crippen molar-refractivity contribution in [2.45, 2.75) is 36.7 Å². The van der Waals surface area contributed by atoms with Gasteiger partial charge in [-0.3, -0.25) is 14.2 Å². The maximum Gasteiger partial charge on any atom is 0.262 e. The maximum absolute atomic E-state index is 13.1. The Hall–Kier alpha value is -2.86. The van der Waals surface area contributed by atoms with Crippen LogP contribution in [-0.4, -0.2) is 27.3 Å². The number of rotatable bonds is 9. The predicted molar refractivity (Wildman–Crippen MR) is 119 cm³/mol. The first-order valence-corrected chi connectivity index (χ1v) is 10.6. The van der Waals surface area contributed by atoms with Crippen molar-refractivity contribution in [2.24, 2.45) is 0 Å². The molecule has 2 aromatic carbocycles. The third kappa shape index (κ3) is 5.35. The van der Waals surface area contributed by atoms with Gasteiger partial charge in [-0.25, -0.2) is 4.98 Å². The number of benzene rings is 2. The summed E-state index contributed by atoms with van der Waals surface area (Å²) < 4.78 is 1.70. The van der Waals surface area contributed by atoms with E-state index in [1.807, 2.05) is 43.3 Å². The standard InChI is InChI=1S/C23H25N3O2S/c1-3-15-24-21(27)17(2)29-23-25-20-14-8-7-13-19(20)22(28)26(23)16-9-12-18-10-5-4-6-11-18/h3-8,10-11,13-14,17H,1,9,12,15-16H2,2H3,(H,24,27)/t17-/m0/s1. The molecule has 0 aliphatic rings. The maximum atomic E-state index is 13.1. The largest absolute Gasteiger partial charge is 0.352 e. The molecule has 0 saturated heterocycles. The molecule has 1 N–H and O–H groups in total. The van der Waals surface area contributed by atoms with Crippen LogP contribution in [-0.2, 0) is 17.8 Å². The molecule has 1 aromatic heterocycles. The third-order valence-electron chi connectivity index (χ3n) is 4.59. The highest BCUT2D eigenvalue weighted by atomic mass is 32.2. The van der Waals surface area contributed by atoms with Crippen LogP contribution >= 0.6 is 11.8 Å². The molecule has 0 radical (unpaired) electrons. The second-order valence-electron chi connectivity index (χ2n) is 6.75. The van der Waals surface area contributed by atoms with Gasteiger partial charge in [-0.2, -0.15) is 0 Å². The van der Waals surface area contributed by atoms with E-state index in [1.165, 1.54) is 17.3 Å². The molecule has 3 rings (SSSR count). The van der Waals surface area contributed by atoms with Crippen molar-refractivity contribution >= 4 is 28.6 Å². The fourth-order valence-electron chi connectivity index (χ4n) is 3.05. The zero-order valence-corrected chi connectivity index (χ0v) is 17.3. The van der Waals surface area contributed by atoms with Gasteiger partial charge in [0.15, 0.2) is 5.16 Å². The fourth-order valence-corrected chi connectivity index (χ4v) is 4.01. The molecule has 5 nitrogen and oxygen atoms in total. The summed E-state index contributed by atoms with van der Waals surface area (Å²) in [5.41, 5.74) is 1.82. The number of fused-ring (bicyclic) bond motifs is 1. The minimum atomic E-state index is -0.372. The molecule has 0 unspecified atom stereocenters. The minimum Gasteiger partial charge on any atom is -0.352 e. The summed E-state index contributed by atoms with van der Waals surface area (Å²) in [5.74, 6) is -0.104.